The van der Waals surface area contributed by atoms with E-state index in [1.54, 1.807) is 25.6 Å². The molecule has 0 aliphatic rings. The first-order valence-corrected chi connectivity index (χ1v) is 8.90. The molecule has 3 rings (SSSR count). The van der Waals surface area contributed by atoms with Crippen LogP contribution in [0.15, 0.2) is 23.2 Å². The molecule has 2 heterocycles. The predicted octanol–water partition coefficient (Wildman–Crippen LogP) is 3.80. The Hall–Kier alpha value is -2.30. The van der Waals surface area contributed by atoms with Gasteiger partial charge in [-0.1, -0.05) is 17.7 Å². The molecule has 0 unspecified atom stereocenters. The Morgan fingerprint density at radius 1 is 1.21 bits per heavy atom. The molecule has 24 heavy (non-hydrogen) atoms. The number of methoxy groups -OCH3 is 2. The van der Waals surface area contributed by atoms with Gasteiger partial charge < -0.3 is 9.47 Å². The zero-order valence-corrected chi connectivity index (χ0v) is 15.1. The van der Waals surface area contributed by atoms with Gasteiger partial charge in [0.15, 0.2) is 11.5 Å². The Labute approximate surface area is 148 Å². The van der Waals surface area contributed by atoms with Crippen LogP contribution in [0.1, 0.15) is 5.01 Å². The van der Waals surface area contributed by atoms with Crippen molar-refractivity contribution in [2.45, 2.75) is 11.9 Å². The van der Waals surface area contributed by atoms with Gasteiger partial charge >= 0.3 is 0 Å². The Kier molecular flexibility index (Phi) is 4.88. The molecule has 3 aromatic rings. The van der Waals surface area contributed by atoms with Crippen molar-refractivity contribution in [2.24, 2.45) is 0 Å². The number of fused-ring (bicyclic) bond motifs is 1. The monoisotopic (exact) mass is 357 g/mol. The highest BCUT2D eigenvalue weighted by atomic mass is 32.2. The van der Waals surface area contributed by atoms with E-state index in [-0.39, 0.29) is 0 Å². The molecule has 0 aliphatic heterocycles. The van der Waals surface area contributed by atoms with Gasteiger partial charge in [-0.25, -0.2) is 4.98 Å². The quantitative estimate of drug-likeness (QED) is 0.511. The van der Waals surface area contributed by atoms with Gasteiger partial charge in [0.1, 0.15) is 16.2 Å². The van der Waals surface area contributed by atoms with Crippen molar-refractivity contribution in [2.75, 3.05) is 20.0 Å². The molecule has 122 valence electrons. The van der Waals surface area contributed by atoms with Gasteiger partial charge in [0.05, 0.1) is 29.7 Å². The topological polar surface area (TPSA) is 57.1 Å². The van der Waals surface area contributed by atoms with Crippen molar-refractivity contribution in [1.82, 2.24) is 15.2 Å². The van der Waals surface area contributed by atoms with Crippen molar-refractivity contribution in [1.29, 1.82) is 0 Å². The van der Waals surface area contributed by atoms with Crippen LogP contribution in [0.25, 0.3) is 21.5 Å². The maximum absolute atomic E-state index is 5.38. The number of hydrogen-bond acceptors (Lipinski definition) is 7. The van der Waals surface area contributed by atoms with Crippen molar-refractivity contribution in [3.63, 3.8) is 0 Å². The second kappa shape index (κ2) is 7.07. The van der Waals surface area contributed by atoms with E-state index < -0.39 is 0 Å². The maximum Gasteiger partial charge on any atom is 0.161 e. The molecule has 0 saturated carbocycles. The van der Waals surface area contributed by atoms with Gasteiger partial charge in [0.25, 0.3) is 0 Å². The summed E-state index contributed by atoms with van der Waals surface area (Å²) in [5.41, 5.74) is 2.53. The van der Waals surface area contributed by atoms with Gasteiger partial charge in [0.2, 0.25) is 0 Å². The average molecular weight is 357 g/mol. The van der Waals surface area contributed by atoms with E-state index in [2.05, 4.69) is 21.1 Å². The third-order valence-electron chi connectivity index (χ3n) is 3.34. The number of benzene rings is 1. The molecule has 0 atom stereocenters. The largest absolute Gasteiger partial charge is 0.493 e. The summed E-state index contributed by atoms with van der Waals surface area (Å²) in [6.07, 6.45) is 5.34. The van der Waals surface area contributed by atoms with Crippen LogP contribution in [-0.2, 0) is 0 Å². The Bertz CT molecular complexity index is 931. The lowest BCUT2D eigenvalue weighted by Crippen LogP contribution is -1.95. The van der Waals surface area contributed by atoms with Crippen molar-refractivity contribution < 1.29 is 9.47 Å². The molecule has 7 heteroatoms. The van der Waals surface area contributed by atoms with Gasteiger partial charge in [-0.3, -0.25) is 0 Å². The second-order valence-corrected chi connectivity index (χ2v) is 6.99. The SMILES string of the molecule is C#CCSc1nnc(-c2ccc(OC)c(OC)c2)c2sc(C)nc12. The average Bonchev–Trinajstić information content (AvgIpc) is 3.00. The fourth-order valence-corrected chi connectivity index (χ4v) is 3.89. The third kappa shape index (κ3) is 3.03. The van der Waals surface area contributed by atoms with E-state index in [1.807, 2.05) is 25.1 Å². The Morgan fingerprint density at radius 3 is 2.71 bits per heavy atom. The standard InChI is InChI=1S/C17H15N3O2S2/c1-5-8-23-17-15-16(24-10(2)18-15)14(19-20-17)11-6-7-12(21-3)13(9-11)22-4/h1,6-7,9H,8H2,2-4H3. The summed E-state index contributed by atoms with van der Waals surface area (Å²) in [5, 5.41) is 10.5. The summed E-state index contributed by atoms with van der Waals surface area (Å²) in [7, 11) is 3.22. The van der Waals surface area contributed by atoms with Crippen LogP contribution < -0.4 is 9.47 Å². The first-order valence-electron chi connectivity index (χ1n) is 7.10. The predicted molar refractivity (Wildman–Crippen MR) is 98.0 cm³/mol. The Morgan fingerprint density at radius 2 is 2.00 bits per heavy atom. The van der Waals surface area contributed by atoms with Crippen LogP contribution in [0.5, 0.6) is 11.5 Å². The number of aryl methyl sites for hydroxylation is 1. The van der Waals surface area contributed by atoms with Crippen LogP contribution in [0.3, 0.4) is 0 Å². The van der Waals surface area contributed by atoms with Crippen LogP contribution >= 0.6 is 23.1 Å². The number of nitrogens with zero attached hydrogens (tertiary/aromatic N) is 3. The zero-order valence-electron chi connectivity index (χ0n) is 13.5. The molecular weight excluding hydrogens is 342 g/mol. The second-order valence-electron chi connectivity index (χ2n) is 4.83. The molecular formula is C17H15N3O2S2. The smallest absolute Gasteiger partial charge is 0.161 e. The molecule has 0 bridgehead atoms. The molecule has 0 N–H and O–H groups in total. The molecule has 5 nitrogen and oxygen atoms in total. The summed E-state index contributed by atoms with van der Waals surface area (Å²) in [5.74, 6) is 4.46. The van der Waals surface area contributed by atoms with Crippen molar-refractivity contribution >= 4 is 33.3 Å². The Balaban J connectivity index is 2.15. The zero-order chi connectivity index (χ0) is 17.1. The highest BCUT2D eigenvalue weighted by molar-refractivity contribution is 7.99. The number of thioether (sulfide) groups is 1. The summed E-state index contributed by atoms with van der Waals surface area (Å²) in [6.45, 7) is 1.97. The normalized spacial score (nSPS) is 10.6. The van der Waals surface area contributed by atoms with Crippen LogP contribution in [-0.4, -0.2) is 35.2 Å². The summed E-state index contributed by atoms with van der Waals surface area (Å²) in [4.78, 5) is 4.60. The number of aromatic nitrogens is 3. The van der Waals surface area contributed by atoms with E-state index in [9.17, 15) is 0 Å². The molecule has 0 amide bonds. The number of thiazole rings is 1. The minimum Gasteiger partial charge on any atom is -0.493 e. The maximum atomic E-state index is 5.38. The molecule has 0 spiro atoms. The molecule has 1 aromatic carbocycles. The van der Waals surface area contributed by atoms with Gasteiger partial charge in [-0.05, 0) is 25.1 Å². The fourth-order valence-electron chi connectivity index (χ4n) is 2.30. The molecule has 2 aromatic heterocycles. The van der Waals surface area contributed by atoms with Crippen molar-refractivity contribution in [3.8, 4) is 35.1 Å². The minimum absolute atomic E-state index is 0.538. The summed E-state index contributed by atoms with van der Waals surface area (Å²) < 4.78 is 11.7. The lowest BCUT2D eigenvalue weighted by molar-refractivity contribution is 0.355. The third-order valence-corrected chi connectivity index (χ3v) is 5.18. The fraction of sp³-hybridized carbons (Fsp3) is 0.235. The molecule has 0 saturated heterocycles. The van der Waals surface area contributed by atoms with Gasteiger partial charge in [0, 0.05) is 5.56 Å². The minimum atomic E-state index is 0.538. The summed E-state index contributed by atoms with van der Waals surface area (Å²) in [6, 6.07) is 5.69. The molecule has 0 fully saturated rings. The van der Waals surface area contributed by atoms with Crippen LogP contribution in [0, 0.1) is 19.3 Å². The lowest BCUT2D eigenvalue weighted by atomic mass is 10.1. The molecule has 0 aliphatic carbocycles. The lowest BCUT2D eigenvalue weighted by Gasteiger charge is -2.09. The number of ether oxygens (including phenoxy) is 2. The van der Waals surface area contributed by atoms with Crippen LogP contribution in [0.2, 0.25) is 0 Å². The van der Waals surface area contributed by atoms with Crippen molar-refractivity contribution in [3.05, 3.63) is 23.2 Å². The first kappa shape index (κ1) is 16.6. The van der Waals surface area contributed by atoms with E-state index in [4.69, 9.17) is 15.9 Å². The summed E-state index contributed by atoms with van der Waals surface area (Å²) >= 11 is 3.06. The van der Waals surface area contributed by atoms with E-state index in [0.29, 0.717) is 17.3 Å². The number of hydrogen-bond donors (Lipinski definition) is 0. The van der Waals surface area contributed by atoms with Gasteiger partial charge in [-0.15, -0.1) is 28.0 Å². The number of terminal acetylenes is 1. The van der Waals surface area contributed by atoms with E-state index in [0.717, 1.165) is 31.5 Å². The first-order chi connectivity index (χ1) is 11.7. The highest BCUT2D eigenvalue weighted by Crippen LogP contribution is 2.38. The van der Waals surface area contributed by atoms with E-state index >= 15 is 0 Å². The van der Waals surface area contributed by atoms with Gasteiger partial charge in [-0.2, -0.15) is 0 Å². The molecule has 0 radical (unpaired) electrons. The highest BCUT2D eigenvalue weighted by Gasteiger charge is 2.17. The van der Waals surface area contributed by atoms with Crippen LogP contribution in [0.4, 0.5) is 0 Å². The number of rotatable bonds is 5. The van der Waals surface area contributed by atoms with E-state index in [1.165, 1.54) is 11.8 Å².